The first-order chi connectivity index (χ1) is 13.5. The van der Waals surface area contributed by atoms with E-state index >= 15 is 0 Å². The van der Waals surface area contributed by atoms with E-state index in [0.29, 0.717) is 33.4 Å². The average Bonchev–Trinajstić information content (AvgIpc) is 3.44. The maximum absolute atomic E-state index is 13.5. The Hall–Kier alpha value is -2.70. The average molecular weight is 412 g/mol. The van der Waals surface area contributed by atoms with Crippen molar-refractivity contribution in [1.29, 1.82) is 0 Å². The molecule has 0 radical (unpaired) electrons. The molecule has 0 bridgehead atoms. The number of halogens is 2. The molecule has 3 aromatic heterocycles. The molecule has 140 valence electrons. The number of anilines is 1. The predicted molar refractivity (Wildman–Crippen MR) is 112 cm³/mol. The molecule has 7 heteroatoms. The first-order valence-corrected chi connectivity index (χ1v) is 10.1. The summed E-state index contributed by atoms with van der Waals surface area (Å²) in [6.07, 6.45) is 3.66. The minimum Gasteiger partial charge on any atom is -0.397 e. The molecule has 0 saturated heterocycles. The third-order valence-electron chi connectivity index (χ3n) is 4.98. The molecule has 0 amide bonds. The maximum atomic E-state index is 13.5. The van der Waals surface area contributed by atoms with Crippen LogP contribution in [0, 0.1) is 5.95 Å². The molecule has 0 spiro atoms. The number of nitrogens with two attached hydrogens (primary N) is 1. The van der Waals surface area contributed by atoms with Crippen molar-refractivity contribution in [3.63, 3.8) is 0 Å². The molecule has 4 nitrogen and oxygen atoms in total. The van der Waals surface area contributed by atoms with Crippen LogP contribution in [0.1, 0.15) is 23.6 Å². The molecule has 1 saturated carbocycles. The largest absolute Gasteiger partial charge is 0.397 e. The van der Waals surface area contributed by atoms with Gasteiger partial charge in [0.1, 0.15) is 0 Å². The Morgan fingerprint density at radius 3 is 2.57 bits per heavy atom. The molecular formula is C21H15ClFN3OS. The lowest BCUT2D eigenvalue weighted by molar-refractivity contribution is 0.584. The van der Waals surface area contributed by atoms with Gasteiger partial charge in [-0.25, -0.2) is 4.98 Å². The number of benzene rings is 1. The summed E-state index contributed by atoms with van der Waals surface area (Å²) in [6.45, 7) is 0. The van der Waals surface area contributed by atoms with Crippen LogP contribution >= 0.6 is 22.9 Å². The van der Waals surface area contributed by atoms with Crippen molar-refractivity contribution >= 4 is 38.8 Å². The summed E-state index contributed by atoms with van der Waals surface area (Å²) in [5.74, 6) is -0.0601. The Morgan fingerprint density at radius 1 is 1.18 bits per heavy atom. The molecular weight excluding hydrogens is 397 g/mol. The SMILES string of the molecule is Nc1c(-c2ccc(F)nc2)c(=O)n(-c2ccc(Cl)cc2)c2cc(C3CC3)sc12. The zero-order valence-corrected chi connectivity index (χ0v) is 16.2. The van der Waals surface area contributed by atoms with E-state index in [1.165, 1.54) is 23.2 Å². The summed E-state index contributed by atoms with van der Waals surface area (Å²) in [7, 11) is 0. The van der Waals surface area contributed by atoms with Crippen LogP contribution in [0.3, 0.4) is 0 Å². The van der Waals surface area contributed by atoms with Crippen molar-refractivity contribution in [3.8, 4) is 16.8 Å². The highest BCUT2D eigenvalue weighted by molar-refractivity contribution is 7.19. The van der Waals surface area contributed by atoms with Gasteiger partial charge in [0.2, 0.25) is 5.95 Å². The van der Waals surface area contributed by atoms with Gasteiger partial charge in [0.05, 0.1) is 21.5 Å². The van der Waals surface area contributed by atoms with Crippen LogP contribution in [0.2, 0.25) is 5.02 Å². The van der Waals surface area contributed by atoms with Gasteiger partial charge in [-0.15, -0.1) is 11.3 Å². The van der Waals surface area contributed by atoms with Gasteiger partial charge < -0.3 is 5.73 Å². The van der Waals surface area contributed by atoms with E-state index in [-0.39, 0.29) is 5.56 Å². The molecule has 3 heterocycles. The smallest absolute Gasteiger partial charge is 0.265 e. The highest BCUT2D eigenvalue weighted by atomic mass is 35.5. The summed E-state index contributed by atoms with van der Waals surface area (Å²) in [5, 5.41) is 0.593. The number of nitrogen functional groups attached to an aromatic ring is 1. The van der Waals surface area contributed by atoms with Crippen LogP contribution in [0.5, 0.6) is 0 Å². The number of fused-ring (bicyclic) bond motifs is 1. The topological polar surface area (TPSA) is 60.9 Å². The monoisotopic (exact) mass is 411 g/mol. The normalized spacial score (nSPS) is 13.9. The Kier molecular flexibility index (Phi) is 4.00. The molecule has 0 atom stereocenters. The van der Waals surface area contributed by atoms with Crippen LogP contribution in [0.4, 0.5) is 10.1 Å². The van der Waals surface area contributed by atoms with Crippen molar-refractivity contribution in [1.82, 2.24) is 9.55 Å². The zero-order valence-electron chi connectivity index (χ0n) is 14.7. The number of thiophene rings is 1. The van der Waals surface area contributed by atoms with Gasteiger partial charge in [0.15, 0.2) is 0 Å². The number of aromatic nitrogens is 2. The van der Waals surface area contributed by atoms with E-state index in [1.807, 2.05) is 0 Å². The summed E-state index contributed by atoms with van der Waals surface area (Å²) >= 11 is 7.65. The van der Waals surface area contributed by atoms with Crippen LogP contribution in [0.25, 0.3) is 27.0 Å². The van der Waals surface area contributed by atoms with Crippen LogP contribution in [-0.2, 0) is 0 Å². The van der Waals surface area contributed by atoms with E-state index in [0.717, 1.165) is 23.1 Å². The third kappa shape index (κ3) is 2.80. The van der Waals surface area contributed by atoms with E-state index < -0.39 is 5.95 Å². The Bertz CT molecular complexity index is 1260. The molecule has 4 aromatic rings. The maximum Gasteiger partial charge on any atom is 0.265 e. The molecule has 0 aliphatic heterocycles. The van der Waals surface area contributed by atoms with Crippen molar-refractivity contribution in [2.45, 2.75) is 18.8 Å². The first-order valence-electron chi connectivity index (χ1n) is 8.88. The molecule has 1 aromatic carbocycles. The molecule has 1 fully saturated rings. The Labute approximate surface area is 169 Å². The van der Waals surface area contributed by atoms with Crippen molar-refractivity contribution < 1.29 is 4.39 Å². The number of pyridine rings is 2. The lowest BCUT2D eigenvalue weighted by Gasteiger charge is -2.13. The highest BCUT2D eigenvalue weighted by Crippen LogP contribution is 2.47. The van der Waals surface area contributed by atoms with Crippen LogP contribution in [0.15, 0.2) is 53.5 Å². The second-order valence-electron chi connectivity index (χ2n) is 6.91. The second kappa shape index (κ2) is 6.43. The second-order valence-corrected chi connectivity index (χ2v) is 8.43. The Balaban J connectivity index is 1.86. The molecule has 5 rings (SSSR count). The lowest BCUT2D eigenvalue weighted by atomic mass is 10.1. The van der Waals surface area contributed by atoms with Gasteiger partial charge >= 0.3 is 0 Å². The minimum absolute atomic E-state index is 0.263. The predicted octanol–water partition coefficient (Wildman–Crippen LogP) is 5.37. The molecule has 1 aliphatic carbocycles. The number of hydrogen-bond donors (Lipinski definition) is 1. The van der Waals surface area contributed by atoms with Crippen molar-refractivity contribution in [2.75, 3.05) is 5.73 Å². The summed E-state index contributed by atoms with van der Waals surface area (Å²) < 4.78 is 15.8. The molecule has 2 N–H and O–H groups in total. The molecule has 28 heavy (non-hydrogen) atoms. The van der Waals surface area contributed by atoms with Crippen LogP contribution < -0.4 is 11.3 Å². The van der Waals surface area contributed by atoms with Gasteiger partial charge in [-0.3, -0.25) is 9.36 Å². The van der Waals surface area contributed by atoms with E-state index in [1.54, 1.807) is 40.2 Å². The highest BCUT2D eigenvalue weighted by Gasteiger charge is 2.28. The Morgan fingerprint density at radius 2 is 1.93 bits per heavy atom. The summed E-state index contributed by atoms with van der Waals surface area (Å²) in [5.41, 5.74) is 8.92. The van der Waals surface area contributed by atoms with Gasteiger partial charge in [-0.2, -0.15) is 4.39 Å². The van der Waals surface area contributed by atoms with Gasteiger partial charge in [-0.05, 0) is 61.2 Å². The van der Waals surface area contributed by atoms with Crippen molar-refractivity contribution in [2.24, 2.45) is 0 Å². The number of rotatable bonds is 3. The standard InChI is InChI=1S/C21H15ClFN3OS/c22-13-4-6-14(7-5-13)26-15-9-16(11-1-2-11)28-20(15)19(24)18(21(26)27)12-3-8-17(23)25-10-12/h3-11H,1-2,24H2. The van der Waals surface area contributed by atoms with Gasteiger partial charge in [-0.1, -0.05) is 11.6 Å². The summed E-state index contributed by atoms with van der Waals surface area (Å²) in [6, 6.07) is 11.9. The quantitative estimate of drug-likeness (QED) is 0.461. The fourth-order valence-electron chi connectivity index (χ4n) is 3.43. The zero-order chi connectivity index (χ0) is 19.4. The van der Waals surface area contributed by atoms with Crippen molar-refractivity contribution in [3.05, 3.63) is 74.9 Å². The van der Waals surface area contributed by atoms with Crippen LogP contribution in [-0.4, -0.2) is 9.55 Å². The number of nitrogens with zero attached hydrogens (tertiary/aromatic N) is 2. The van der Waals surface area contributed by atoms with E-state index in [9.17, 15) is 9.18 Å². The van der Waals surface area contributed by atoms with Gasteiger partial charge in [0.25, 0.3) is 5.56 Å². The fourth-order valence-corrected chi connectivity index (χ4v) is 4.83. The summed E-state index contributed by atoms with van der Waals surface area (Å²) in [4.78, 5) is 18.4. The lowest BCUT2D eigenvalue weighted by Crippen LogP contribution is -2.22. The molecule has 1 aliphatic rings. The third-order valence-corrected chi connectivity index (χ3v) is 6.56. The van der Waals surface area contributed by atoms with E-state index in [2.05, 4.69) is 11.1 Å². The van der Waals surface area contributed by atoms with E-state index in [4.69, 9.17) is 17.3 Å². The minimum atomic E-state index is -0.603. The number of hydrogen-bond acceptors (Lipinski definition) is 4. The van der Waals surface area contributed by atoms with Gasteiger partial charge in [0, 0.05) is 27.3 Å². The molecule has 0 unspecified atom stereocenters. The first kappa shape index (κ1) is 17.4. The fraction of sp³-hybridized carbons (Fsp3) is 0.143.